The number of hydrogen-bond donors (Lipinski definition) is 0. The summed E-state index contributed by atoms with van der Waals surface area (Å²) >= 11 is 0. The molecule has 18 heavy (non-hydrogen) atoms. The fourth-order valence-corrected chi connectivity index (χ4v) is 1.90. The molecule has 2 aromatic rings. The SMILES string of the molecule is Cc1ccc(-c2ccc(C(C)C)cc2)ccc1=O. The highest BCUT2D eigenvalue weighted by Crippen LogP contribution is 2.21. The smallest absolute Gasteiger partial charge is 0.181 e. The van der Waals surface area contributed by atoms with Crippen LogP contribution in [0.4, 0.5) is 0 Å². The van der Waals surface area contributed by atoms with Gasteiger partial charge in [0.05, 0.1) is 0 Å². The van der Waals surface area contributed by atoms with Crippen molar-refractivity contribution in [2.75, 3.05) is 0 Å². The van der Waals surface area contributed by atoms with E-state index in [-0.39, 0.29) is 5.43 Å². The van der Waals surface area contributed by atoms with E-state index in [0.29, 0.717) is 5.92 Å². The van der Waals surface area contributed by atoms with Crippen molar-refractivity contribution in [2.45, 2.75) is 26.7 Å². The molecular formula is C17H18O. The number of rotatable bonds is 2. The molecule has 0 saturated carbocycles. The second kappa shape index (κ2) is 5.18. The first-order valence-electron chi connectivity index (χ1n) is 6.29. The molecule has 1 heteroatoms. The van der Waals surface area contributed by atoms with Crippen LogP contribution in [0, 0.1) is 6.92 Å². The van der Waals surface area contributed by atoms with Gasteiger partial charge in [-0.05, 0) is 41.2 Å². The summed E-state index contributed by atoms with van der Waals surface area (Å²) in [6, 6.07) is 15.9. The standard InChI is InChI=1S/C17H18O/c1-12(2)14-6-8-16(9-7-14)15-5-4-13(3)17(18)11-10-15/h4-12H,1-3H3. The van der Waals surface area contributed by atoms with E-state index >= 15 is 0 Å². The van der Waals surface area contributed by atoms with Crippen LogP contribution < -0.4 is 5.43 Å². The van der Waals surface area contributed by atoms with Crippen LogP contribution in [0.1, 0.15) is 30.9 Å². The molecule has 0 aliphatic carbocycles. The Balaban J connectivity index is 2.43. The molecule has 0 radical (unpaired) electrons. The zero-order valence-corrected chi connectivity index (χ0v) is 11.1. The maximum atomic E-state index is 11.5. The summed E-state index contributed by atoms with van der Waals surface area (Å²) in [5.74, 6) is 0.543. The van der Waals surface area contributed by atoms with Crippen LogP contribution in [-0.4, -0.2) is 0 Å². The summed E-state index contributed by atoms with van der Waals surface area (Å²) in [7, 11) is 0. The van der Waals surface area contributed by atoms with Crippen molar-refractivity contribution in [3.05, 3.63) is 69.9 Å². The van der Waals surface area contributed by atoms with Crippen LogP contribution in [0.15, 0.2) is 53.3 Å². The van der Waals surface area contributed by atoms with Crippen molar-refractivity contribution < 1.29 is 0 Å². The van der Waals surface area contributed by atoms with E-state index < -0.39 is 0 Å². The highest BCUT2D eigenvalue weighted by Gasteiger charge is 2.00. The zero-order valence-electron chi connectivity index (χ0n) is 11.1. The monoisotopic (exact) mass is 238 g/mol. The Hall–Kier alpha value is -1.89. The Labute approximate surface area is 108 Å². The van der Waals surface area contributed by atoms with Crippen molar-refractivity contribution in [1.82, 2.24) is 0 Å². The minimum atomic E-state index is 0.0834. The van der Waals surface area contributed by atoms with Crippen molar-refractivity contribution in [2.24, 2.45) is 0 Å². The normalized spacial score (nSPS) is 10.7. The molecule has 2 rings (SSSR count). The quantitative estimate of drug-likeness (QED) is 0.768. The van der Waals surface area contributed by atoms with Gasteiger partial charge < -0.3 is 0 Å². The molecule has 0 heterocycles. The predicted octanol–water partition coefficient (Wildman–Crippen LogP) is 4.15. The van der Waals surface area contributed by atoms with Crippen molar-refractivity contribution >= 4 is 0 Å². The van der Waals surface area contributed by atoms with E-state index in [1.54, 1.807) is 6.07 Å². The minimum absolute atomic E-state index is 0.0834. The molecule has 0 aliphatic rings. The first-order valence-corrected chi connectivity index (χ1v) is 6.29. The second-order valence-electron chi connectivity index (χ2n) is 4.95. The van der Waals surface area contributed by atoms with Gasteiger partial charge in [0, 0.05) is 0 Å². The Morgan fingerprint density at radius 1 is 0.778 bits per heavy atom. The van der Waals surface area contributed by atoms with Gasteiger partial charge in [-0.2, -0.15) is 0 Å². The molecule has 0 atom stereocenters. The summed E-state index contributed by atoms with van der Waals surface area (Å²) in [5, 5.41) is 0. The van der Waals surface area contributed by atoms with Crippen LogP contribution in [-0.2, 0) is 0 Å². The zero-order chi connectivity index (χ0) is 13.1. The van der Waals surface area contributed by atoms with Crippen LogP contribution in [0.25, 0.3) is 11.1 Å². The van der Waals surface area contributed by atoms with E-state index in [2.05, 4.69) is 38.1 Å². The Bertz CT molecular complexity index is 595. The summed E-state index contributed by atoms with van der Waals surface area (Å²) < 4.78 is 0. The number of benzene rings is 1. The molecule has 0 N–H and O–H groups in total. The van der Waals surface area contributed by atoms with Crippen molar-refractivity contribution in [1.29, 1.82) is 0 Å². The highest BCUT2D eigenvalue weighted by molar-refractivity contribution is 5.63. The third-order valence-corrected chi connectivity index (χ3v) is 3.23. The molecule has 0 saturated heterocycles. The molecule has 0 aromatic heterocycles. The van der Waals surface area contributed by atoms with Gasteiger partial charge in [-0.1, -0.05) is 56.3 Å². The Kier molecular flexibility index (Phi) is 3.61. The predicted molar refractivity (Wildman–Crippen MR) is 77.0 cm³/mol. The molecule has 0 aliphatic heterocycles. The van der Waals surface area contributed by atoms with E-state index in [0.717, 1.165) is 16.7 Å². The summed E-state index contributed by atoms with van der Waals surface area (Å²) in [6.45, 7) is 6.21. The third kappa shape index (κ3) is 2.67. The molecule has 0 spiro atoms. The molecule has 92 valence electrons. The largest absolute Gasteiger partial charge is 0.290 e. The molecular weight excluding hydrogens is 220 g/mol. The van der Waals surface area contributed by atoms with Crippen molar-refractivity contribution in [3.8, 4) is 11.1 Å². The van der Waals surface area contributed by atoms with E-state index in [4.69, 9.17) is 0 Å². The Morgan fingerprint density at radius 3 is 1.83 bits per heavy atom. The summed E-state index contributed by atoms with van der Waals surface area (Å²) in [4.78, 5) is 11.5. The topological polar surface area (TPSA) is 17.1 Å². The van der Waals surface area contributed by atoms with Crippen LogP contribution >= 0.6 is 0 Å². The van der Waals surface area contributed by atoms with Gasteiger partial charge in [0.2, 0.25) is 0 Å². The van der Waals surface area contributed by atoms with Crippen LogP contribution in [0.5, 0.6) is 0 Å². The number of hydrogen-bond acceptors (Lipinski definition) is 1. The van der Waals surface area contributed by atoms with Gasteiger partial charge >= 0.3 is 0 Å². The molecule has 0 amide bonds. The lowest BCUT2D eigenvalue weighted by Gasteiger charge is -2.06. The highest BCUT2D eigenvalue weighted by atomic mass is 16.1. The lowest BCUT2D eigenvalue weighted by Crippen LogP contribution is -1.96. The maximum Gasteiger partial charge on any atom is 0.181 e. The summed E-state index contributed by atoms with van der Waals surface area (Å²) in [5.41, 5.74) is 4.42. The van der Waals surface area contributed by atoms with Crippen LogP contribution in [0.3, 0.4) is 0 Å². The average molecular weight is 238 g/mol. The van der Waals surface area contributed by atoms with E-state index in [1.807, 2.05) is 25.1 Å². The first-order chi connectivity index (χ1) is 8.58. The number of aryl methyl sites for hydroxylation is 1. The van der Waals surface area contributed by atoms with Crippen LogP contribution in [0.2, 0.25) is 0 Å². The Morgan fingerprint density at radius 2 is 1.28 bits per heavy atom. The molecule has 0 unspecified atom stereocenters. The van der Waals surface area contributed by atoms with E-state index in [9.17, 15) is 4.79 Å². The lowest BCUT2D eigenvalue weighted by molar-refractivity contribution is 0.867. The van der Waals surface area contributed by atoms with Gasteiger partial charge in [-0.15, -0.1) is 0 Å². The fraction of sp³-hybridized carbons (Fsp3) is 0.235. The van der Waals surface area contributed by atoms with Crippen molar-refractivity contribution in [3.63, 3.8) is 0 Å². The molecule has 1 nitrogen and oxygen atoms in total. The molecule has 2 aromatic carbocycles. The van der Waals surface area contributed by atoms with Gasteiger partial charge in [0.1, 0.15) is 0 Å². The molecule has 0 fully saturated rings. The summed E-state index contributed by atoms with van der Waals surface area (Å²) in [6.07, 6.45) is 0. The van der Waals surface area contributed by atoms with Gasteiger partial charge in [0.15, 0.2) is 5.43 Å². The molecule has 0 bridgehead atoms. The minimum Gasteiger partial charge on any atom is -0.290 e. The van der Waals surface area contributed by atoms with Gasteiger partial charge in [-0.25, -0.2) is 0 Å². The van der Waals surface area contributed by atoms with E-state index in [1.165, 1.54) is 5.56 Å². The first kappa shape index (κ1) is 12.6. The second-order valence-corrected chi connectivity index (χ2v) is 4.95. The van der Waals surface area contributed by atoms with Gasteiger partial charge in [0.25, 0.3) is 0 Å². The lowest BCUT2D eigenvalue weighted by atomic mass is 9.99. The van der Waals surface area contributed by atoms with Gasteiger partial charge in [-0.3, -0.25) is 4.79 Å². The average Bonchev–Trinajstić information content (AvgIpc) is 2.53. The fourth-order valence-electron chi connectivity index (χ4n) is 1.90. The third-order valence-electron chi connectivity index (χ3n) is 3.23. The maximum absolute atomic E-state index is 11.5.